The van der Waals surface area contributed by atoms with Gasteiger partial charge < -0.3 is 5.32 Å². The second-order valence-electron chi connectivity index (χ2n) is 4.76. The fourth-order valence-corrected chi connectivity index (χ4v) is 3.32. The molecule has 2 aromatic rings. The molecule has 108 valence electrons. The largest absolute Gasteiger partial charge is 0.314 e. The van der Waals surface area contributed by atoms with Crippen molar-refractivity contribution in [3.63, 3.8) is 0 Å². The van der Waals surface area contributed by atoms with Gasteiger partial charge in [-0.25, -0.2) is 4.98 Å². The van der Waals surface area contributed by atoms with Crippen LogP contribution in [0.5, 0.6) is 0 Å². The maximum atomic E-state index is 6.26. The summed E-state index contributed by atoms with van der Waals surface area (Å²) >= 11 is 13.9. The summed E-state index contributed by atoms with van der Waals surface area (Å²) in [5, 5.41) is 8.15. The second-order valence-corrected chi connectivity index (χ2v) is 6.66. The zero-order valence-electron chi connectivity index (χ0n) is 11.6. The van der Waals surface area contributed by atoms with E-state index in [1.807, 2.05) is 19.1 Å². The SMILES string of the molecule is CCNC(Cc1csc(C)n1)Cc1ccc(Cl)cc1Cl. The van der Waals surface area contributed by atoms with Gasteiger partial charge in [-0.1, -0.05) is 36.2 Å². The smallest absolute Gasteiger partial charge is 0.0897 e. The number of hydrogen-bond donors (Lipinski definition) is 1. The van der Waals surface area contributed by atoms with Gasteiger partial charge in [-0.15, -0.1) is 11.3 Å². The number of likely N-dealkylation sites (N-methyl/N-ethyl adjacent to an activating group) is 1. The molecule has 1 unspecified atom stereocenters. The van der Waals surface area contributed by atoms with Crippen LogP contribution in [0.4, 0.5) is 0 Å². The number of nitrogens with one attached hydrogen (secondary N) is 1. The summed E-state index contributed by atoms with van der Waals surface area (Å²) in [6, 6.07) is 6.02. The van der Waals surface area contributed by atoms with Gasteiger partial charge >= 0.3 is 0 Å². The molecule has 1 N–H and O–H groups in total. The minimum absolute atomic E-state index is 0.333. The Morgan fingerprint density at radius 2 is 2.10 bits per heavy atom. The molecule has 0 aliphatic carbocycles. The summed E-state index contributed by atoms with van der Waals surface area (Å²) in [5.74, 6) is 0. The molecule has 0 amide bonds. The highest BCUT2D eigenvalue weighted by Gasteiger charge is 2.13. The van der Waals surface area contributed by atoms with Crippen molar-refractivity contribution < 1.29 is 0 Å². The summed E-state index contributed by atoms with van der Waals surface area (Å²) in [7, 11) is 0. The normalized spacial score (nSPS) is 12.6. The molecule has 0 aliphatic heterocycles. The van der Waals surface area contributed by atoms with Crippen LogP contribution >= 0.6 is 34.5 Å². The lowest BCUT2D eigenvalue weighted by atomic mass is 10.0. The number of thiazole rings is 1. The van der Waals surface area contributed by atoms with Gasteiger partial charge in [0.1, 0.15) is 0 Å². The maximum absolute atomic E-state index is 6.26. The van der Waals surface area contributed by atoms with E-state index < -0.39 is 0 Å². The first-order valence-corrected chi connectivity index (χ1v) is 8.30. The van der Waals surface area contributed by atoms with Gasteiger partial charge in [0.2, 0.25) is 0 Å². The lowest BCUT2D eigenvalue weighted by molar-refractivity contribution is 0.517. The summed E-state index contributed by atoms with van der Waals surface area (Å²) in [6.45, 7) is 5.08. The van der Waals surface area contributed by atoms with Crippen molar-refractivity contribution >= 4 is 34.5 Å². The molecule has 0 bridgehead atoms. The lowest BCUT2D eigenvalue weighted by Gasteiger charge is -2.17. The van der Waals surface area contributed by atoms with E-state index >= 15 is 0 Å². The van der Waals surface area contributed by atoms with Crippen molar-refractivity contribution in [3.05, 3.63) is 49.9 Å². The van der Waals surface area contributed by atoms with Crippen LogP contribution in [0.3, 0.4) is 0 Å². The lowest BCUT2D eigenvalue weighted by Crippen LogP contribution is -2.33. The summed E-state index contributed by atoms with van der Waals surface area (Å²) < 4.78 is 0. The summed E-state index contributed by atoms with van der Waals surface area (Å²) in [4.78, 5) is 4.54. The van der Waals surface area contributed by atoms with Gasteiger partial charge in [0.15, 0.2) is 0 Å². The summed E-state index contributed by atoms with van der Waals surface area (Å²) in [5.41, 5.74) is 2.26. The standard InChI is InChI=1S/C15H18Cl2N2S/c1-3-18-13(8-14-9-20-10(2)19-14)6-11-4-5-12(16)7-15(11)17/h4-5,7,9,13,18H,3,6,8H2,1-2H3. The van der Waals surface area contributed by atoms with E-state index in [0.29, 0.717) is 11.1 Å². The Bertz CT molecular complexity index is 569. The van der Waals surface area contributed by atoms with E-state index in [1.54, 1.807) is 17.4 Å². The van der Waals surface area contributed by atoms with Gasteiger partial charge in [-0.05, 0) is 37.6 Å². The van der Waals surface area contributed by atoms with E-state index in [9.17, 15) is 0 Å². The molecule has 1 aromatic heterocycles. The number of nitrogens with zero attached hydrogens (tertiary/aromatic N) is 1. The number of aryl methyl sites for hydroxylation is 1. The third-order valence-corrected chi connectivity index (χ3v) is 4.51. The molecule has 5 heteroatoms. The average Bonchev–Trinajstić information content (AvgIpc) is 2.78. The number of halogens is 2. The minimum atomic E-state index is 0.333. The Morgan fingerprint density at radius 3 is 2.70 bits per heavy atom. The molecule has 0 fully saturated rings. The predicted molar refractivity (Wildman–Crippen MR) is 88.2 cm³/mol. The third kappa shape index (κ3) is 4.45. The Labute approximate surface area is 134 Å². The van der Waals surface area contributed by atoms with Crippen LogP contribution in [0.1, 0.15) is 23.2 Å². The first-order chi connectivity index (χ1) is 9.58. The molecule has 0 saturated heterocycles. The van der Waals surface area contributed by atoms with E-state index in [2.05, 4.69) is 22.6 Å². The highest BCUT2D eigenvalue weighted by Crippen LogP contribution is 2.23. The van der Waals surface area contributed by atoms with Crippen molar-refractivity contribution in [2.24, 2.45) is 0 Å². The van der Waals surface area contributed by atoms with Crippen molar-refractivity contribution in [3.8, 4) is 0 Å². The average molecular weight is 329 g/mol. The Hall–Kier alpha value is -0.610. The van der Waals surface area contributed by atoms with E-state index in [-0.39, 0.29) is 0 Å². The monoisotopic (exact) mass is 328 g/mol. The van der Waals surface area contributed by atoms with Gasteiger partial charge in [-0.3, -0.25) is 0 Å². The molecule has 0 saturated carbocycles. The number of benzene rings is 1. The molecule has 20 heavy (non-hydrogen) atoms. The number of hydrogen-bond acceptors (Lipinski definition) is 3. The second kappa shape index (κ2) is 7.41. The summed E-state index contributed by atoms with van der Waals surface area (Å²) in [6.07, 6.45) is 1.79. The maximum Gasteiger partial charge on any atom is 0.0897 e. The topological polar surface area (TPSA) is 24.9 Å². The zero-order chi connectivity index (χ0) is 14.5. The van der Waals surface area contributed by atoms with Crippen LogP contribution in [-0.2, 0) is 12.8 Å². The molecule has 0 radical (unpaired) electrons. The van der Waals surface area contributed by atoms with E-state index in [1.165, 1.54) is 0 Å². The first kappa shape index (κ1) is 15.8. The van der Waals surface area contributed by atoms with E-state index in [4.69, 9.17) is 23.2 Å². The molecule has 1 atom stereocenters. The van der Waals surface area contributed by atoms with Crippen molar-refractivity contribution in [2.75, 3.05) is 6.54 Å². The Balaban J connectivity index is 2.08. The van der Waals surface area contributed by atoms with Crippen molar-refractivity contribution in [2.45, 2.75) is 32.7 Å². The van der Waals surface area contributed by atoms with Crippen molar-refractivity contribution in [1.29, 1.82) is 0 Å². The number of aromatic nitrogens is 1. The molecule has 2 rings (SSSR count). The highest BCUT2D eigenvalue weighted by molar-refractivity contribution is 7.09. The van der Waals surface area contributed by atoms with E-state index in [0.717, 1.165) is 40.7 Å². The van der Waals surface area contributed by atoms with Crippen LogP contribution in [0, 0.1) is 6.92 Å². The molecule has 1 aromatic carbocycles. The van der Waals surface area contributed by atoms with Gasteiger partial charge in [0.05, 0.1) is 10.7 Å². The van der Waals surface area contributed by atoms with Gasteiger partial charge in [0.25, 0.3) is 0 Å². The fraction of sp³-hybridized carbons (Fsp3) is 0.400. The van der Waals surface area contributed by atoms with Crippen LogP contribution < -0.4 is 5.32 Å². The molecule has 1 heterocycles. The quantitative estimate of drug-likeness (QED) is 0.843. The Kier molecular flexibility index (Phi) is 5.85. The van der Waals surface area contributed by atoms with Gasteiger partial charge in [-0.2, -0.15) is 0 Å². The van der Waals surface area contributed by atoms with Gasteiger partial charge in [0, 0.05) is 27.9 Å². The fourth-order valence-electron chi connectivity index (χ4n) is 2.21. The Morgan fingerprint density at radius 1 is 1.30 bits per heavy atom. The van der Waals surface area contributed by atoms with Crippen LogP contribution in [0.25, 0.3) is 0 Å². The first-order valence-electron chi connectivity index (χ1n) is 6.66. The van der Waals surface area contributed by atoms with Crippen molar-refractivity contribution in [1.82, 2.24) is 10.3 Å². The molecule has 0 aliphatic rings. The molecule has 0 spiro atoms. The predicted octanol–water partition coefficient (Wildman–Crippen LogP) is 4.52. The molecular formula is C15H18Cl2N2S. The molecular weight excluding hydrogens is 311 g/mol. The van der Waals surface area contributed by atoms with Crippen LogP contribution in [-0.4, -0.2) is 17.6 Å². The number of rotatable bonds is 6. The third-order valence-electron chi connectivity index (χ3n) is 3.10. The van der Waals surface area contributed by atoms with Crippen LogP contribution in [0.2, 0.25) is 10.0 Å². The van der Waals surface area contributed by atoms with Crippen LogP contribution in [0.15, 0.2) is 23.6 Å². The minimum Gasteiger partial charge on any atom is -0.314 e. The molecule has 2 nitrogen and oxygen atoms in total. The zero-order valence-corrected chi connectivity index (χ0v) is 13.9. The highest BCUT2D eigenvalue weighted by atomic mass is 35.5.